The molecule has 3 aliphatic carbocycles. The number of aliphatic hydroxyl groups excluding tert-OH is 2. The Balaban J connectivity index is 1.99. The Morgan fingerprint density at radius 2 is 1.84 bits per heavy atom. The van der Waals surface area contributed by atoms with E-state index < -0.39 is 63.8 Å². The van der Waals surface area contributed by atoms with Crippen LogP contribution in [-0.4, -0.2) is 68.5 Å². The van der Waals surface area contributed by atoms with E-state index in [1.54, 1.807) is 27.1 Å². The highest BCUT2D eigenvalue weighted by molar-refractivity contribution is 6.24. The summed E-state index contributed by atoms with van der Waals surface area (Å²) in [4.78, 5) is 40.0. The van der Waals surface area contributed by atoms with Crippen molar-refractivity contribution in [1.29, 1.82) is 0 Å². The number of hydrogen-bond donors (Lipinski definition) is 6. The van der Waals surface area contributed by atoms with Gasteiger partial charge < -0.3 is 31.9 Å². The molecule has 0 heterocycles. The molecule has 1 aromatic rings. The Morgan fingerprint density at radius 3 is 2.41 bits per heavy atom. The number of rotatable bonds is 2. The molecular weight excluding hydrogens is 418 g/mol. The fourth-order valence-corrected chi connectivity index (χ4v) is 5.53. The van der Waals surface area contributed by atoms with Crippen molar-refractivity contribution in [2.75, 3.05) is 19.8 Å². The number of anilines is 1. The minimum atomic E-state index is -2.64. The van der Waals surface area contributed by atoms with Crippen LogP contribution in [0.1, 0.15) is 27.9 Å². The zero-order chi connectivity index (χ0) is 23.9. The first-order valence-corrected chi connectivity index (χ1v) is 10.1. The number of phenolic OH excluding ortho intramolecular Hbond substituents is 1. The van der Waals surface area contributed by atoms with Gasteiger partial charge in [-0.25, -0.2) is 0 Å². The maximum Gasteiger partial charge on any atom is 0.255 e. The van der Waals surface area contributed by atoms with Crippen LogP contribution in [0.5, 0.6) is 5.75 Å². The zero-order valence-corrected chi connectivity index (χ0v) is 17.8. The number of nitrogen functional groups attached to an aromatic ring is 1. The van der Waals surface area contributed by atoms with E-state index >= 15 is 0 Å². The highest BCUT2D eigenvalue weighted by atomic mass is 16.3. The number of fused-ring (bicyclic) bond motifs is 3. The third-order valence-electron chi connectivity index (χ3n) is 6.98. The van der Waals surface area contributed by atoms with Gasteiger partial charge in [0.15, 0.2) is 11.4 Å². The Bertz CT molecular complexity index is 1170. The van der Waals surface area contributed by atoms with E-state index in [9.17, 15) is 34.8 Å². The first kappa shape index (κ1) is 21.8. The number of hydrogen-bond acceptors (Lipinski definition) is 9. The molecule has 0 radical (unpaired) electrons. The van der Waals surface area contributed by atoms with Gasteiger partial charge in [0.25, 0.3) is 5.91 Å². The van der Waals surface area contributed by atoms with Gasteiger partial charge in [-0.05, 0) is 57.0 Å². The van der Waals surface area contributed by atoms with Crippen molar-refractivity contribution in [1.82, 2.24) is 4.90 Å². The van der Waals surface area contributed by atoms with Crippen molar-refractivity contribution in [2.45, 2.75) is 31.4 Å². The fourth-order valence-electron chi connectivity index (χ4n) is 5.53. The Morgan fingerprint density at radius 1 is 1.22 bits per heavy atom. The molecule has 1 aromatic carbocycles. The van der Waals surface area contributed by atoms with Crippen LogP contribution in [0.15, 0.2) is 28.7 Å². The largest absolute Gasteiger partial charge is 0.510 e. The van der Waals surface area contributed by atoms with Crippen LogP contribution in [0.2, 0.25) is 0 Å². The van der Waals surface area contributed by atoms with E-state index in [2.05, 4.69) is 0 Å². The van der Waals surface area contributed by atoms with Crippen LogP contribution in [-0.2, 0) is 16.0 Å². The SMILES string of the molecule is Cc1cc(N)c(O)c2c1C[C@H]1C[C@H]3[C@H](N(C)C)C(O)=C(C(N)=O)C(=O)[C@@]3(O)C(O)=C1C2=O. The van der Waals surface area contributed by atoms with Gasteiger partial charge in [-0.3, -0.25) is 19.3 Å². The number of nitrogens with zero attached hydrogens (tertiary/aromatic N) is 1. The number of amides is 1. The lowest BCUT2D eigenvalue weighted by molar-refractivity contribution is -0.148. The van der Waals surface area contributed by atoms with E-state index in [0.717, 1.165) is 0 Å². The third kappa shape index (κ3) is 2.56. The van der Waals surface area contributed by atoms with Crippen LogP contribution in [0, 0.1) is 18.8 Å². The molecule has 0 bridgehead atoms. The number of primary amides is 1. The van der Waals surface area contributed by atoms with Gasteiger partial charge in [0.05, 0.1) is 17.3 Å². The number of aliphatic hydroxyl groups is 3. The Labute approximate surface area is 183 Å². The molecule has 32 heavy (non-hydrogen) atoms. The van der Waals surface area contributed by atoms with Crippen molar-refractivity contribution in [3.05, 3.63) is 45.4 Å². The molecule has 0 aromatic heterocycles. The van der Waals surface area contributed by atoms with Crippen LogP contribution in [0.25, 0.3) is 0 Å². The maximum atomic E-state index is 13.4. The first-order chi connectivity index (χ1) is 14.8. The van der Waals surface area contributed by atoms with E-state index in [1.165, 1.54) is 4.90 Å². The van der Waals surface area contributed by atoms with Gasteiger partial charge in [-0.2, -0.15) is 0 Å². The summed E-state index contributed by atoms with van der Waals surface area (Å²) in [6, 6.07) is 0.539. The minimum absolute atomic E-state index is 0.00850. The number of ketones is 2. The summed E-state index contributed by atoms with van der Waals surface area (Å²) in [5, 5.41) is 43.8. The number of phenols is 1. The normalized spacial score (nSPS) is 29.7. The molecule has 10 nitrogen and oxygen atoms in total. The predicted octanol–water partition coefficient (Wildman–Crippen LogP) is 0.0112. The Kier molecular flexibility index (Phi) is 4.65. The average molecular weight is 443 g/mol. The topological polar surface area (TPSA) is 187 Å². The van der Waals surface area contributed by atoms with Crippen molar-refractivity contribution in [3.63, 3.8) is 0 Å². The maximum absolute atomic E-state index is 13.4. The Hall–Kier alpha value is -3.37. The number of Topliss-reactive ketones (excluding diaryl/α,β-unsaturated/α-hetero) is 2. The lowest BCUT2D eigenvalue weighted by Gasteiger charge is -2.50. The molecule has 10 heteroatoms. The lowest BCUT2D eigenvalue weighted by Crippen LogP contribution is -2.63. The summed E-state index contributed by atoms with van der Waals surface area (Å²) in [6.45, 7) is 1.75. The standard InChI is InChI=1S/C22H25N3O7/c1-7-4-11(23)16(26)13-9(7)5-8-6-10-15(25(2)3)18(28)14(21(24)31)20(30)22(10,32)19(29)12(8)17(13)27/h4,8,10,15,26,28-29,32H,5-6,23H2,1-3H3,(H2,24,31)/t8-,10-,15-,22-/m0/s1. The number of benzene rings is 1. The highest BCUT2D eigenvalue weighted by Crippen LogP contribution is 2.52. The number of likely N-dealkylation sites (N-methyl/N-ethyl adjacent to an activating group) is 1. The molecule has 3 aliphatic rings. The lowest BCUT2D eigenvalue weighted by atomic mass is 9.58. The molecule has 0 spiro atoms. The fraction of sp³-hybridized carbons (Fsp3) is 0.409. The molecular formula is C22H25N3O7. The van der Waals surface area contributed by atoms with E-state index in [4.69, 9.17) is 11.5 Å². The second-order valence-corrected chi connectivity index (χ2v) is 8.95. The van der Waals surface area contributed by atoms with Crippen LogP contribution < -0.4 is 11.5 Å². The molecule has 8 N–H and O–H groups in total. The van der Waals surface area contributed by atoms with Gasteiger partial charge in [-0.1, -0.05) is 0 Å². The number of carbonyl (C=O) groups is 3. The van der Waals surface area contributed by atoms with Gasteiger partial charge >= 0.3 is 0 Å². The number of carbonyl (C=O) groups excluding carboxylic acids is 3. The number of aryl methyl sites for hydroxylation is 1. The summed E-state index contributed by atoms with van der Waals surface area (Å²) < 4.78 is 0. The second kappa shape index (κ2) is 6.81. The quantitative estimate of drug-likeness (QED) is 0.208. The van der Waals surface area contributed by atoms with E-state index in [0.29, 0.717) is 11.1 Å². The van der Waals surface area contributed by atoms with Crippen LogP contribution >= 0.6 is 0 Å². The first-order valence-electron chi connectivity index (χ1n) is 10.1. The van der Waals surface area contributed by atoms with E-state index in [-0.39, 0.29) is 29.7 Å². The smallest absolute Gasteiger partial charge is 0.255 e. The van der Waals surface area contributed by atoms with Crippen molar-refractivity contribution in [3.8, 4) is 5.75 Å². The average Bonchev–Trinajstić information content (AvgIpc) is 2.68. The molecule has 170 valence electrons. The summed E-state index contributed by atoms with van der Waals surface area (Å²) in [5.74, 6) is -6.83. The summed E-state index contributed by atoms with van der Waals surface area (Å²) in [5.41, 5.74) is 8.58. The van der Waals surface area contributed by atoms with Crippen molar-refractivity contribution in [2.24, 2.45) is 17.6 Å². The van der Waals surface area contributed by atoms with E-state index in [1.807, 2.05) is 0 Å². The number of aromatic hydroxyl groups is 1. The van der Waals surface area contributed by atoms with Gasteiger partial charge in [-0.15, -0.1) is 0 Å². The highest BCUT2D eigenvalue weighted by Gasteiger charge is 2.63. The second-order valence-electron chi connectivity index (χ2n) is 8.95. The molecule has 0 saturated heterocycles. The van der Waals surface area contributed by atoms with Crippen LogP contribution in [0.4, 0.5) is 5.69 Å². The van der Waals surface area contributed by atoms with Gasteiger partial charge in [0.1, 0.15) is 22.8 Å². The molecule has 4 atom stereocenters. The number of nitrogens with two attached hydrogens (primary N) is 2. The van der Waals surface area contributed by atoms with Gasteiger partial charge in [0, 0.05) is 11.5 Å². The molecule has 0 aliphatic heterocycles. The third-order valence-corrected chi connectivity index (χ3v) is 6.98. The van der Waals surface area contributed by atoms with Crippen LogP contribution in [0.3, 0.4) is 0 Å². The summed E-state index contributed by atoms with van der Waals surface area (Å²) >= 11 is 0. The van der Waals surface area contributed by atoms with Crippen molar-refractivity contribution < 1.29 is 34.8 Å². The zero-order valence-electron chi connectivity index (χ0n) is 17.8. The molecule has 0 unspecified atom stereocenters. The minimum Gasteiger partial charge on any atom is -0.510 e. The predicted molar refractivity (Wildman–Crippen MR) is 113 cm³/mol. The van der Waals surface area contributed by atoms with Crippen molar-refractivity contribution >= 4 is 23.2 Å². The van der Waals surface area contributed by atoms with Gasteiger partial charge in [0.2, 0.25) is 5.78 Å². The molecule has 4 rings (SSSR count). The summed E-state index contributed by atoms with van der Waals surface area (Å²) in [7, 11) is 3.16. The number of allylic oxidation sites excluding steroid dienone is 1. The molecule has 0 fully saturated rings. The summed E-state index contributed by atoms with van der Waals surface area (Å²) in [6.07, 6.45) is 0.296. The monoisotopic (exact) mass is 443 g/mol. The molecule has 1 amide bonds. The molecule has 0 saturated carbocycles.